The van der Waals surface area contributed by atoms with Gasteiger partial charge in [-0.1, -0.05) is 35.5 Å². The van der Waals surface area contributed by atoms with E-state index in [1.165, 1.54) is 19.3 Å². The van der Waals surface area contributed by atoms with Gasteiger partial charge in [0.15, 0.2) is 5.82 Å². The molecule has 1 amide bonds. The van der Waals surface area contributed by atoms with Crippen LogP contribution in [-0.4, -0.2) is 40.1 Å². The summed E-state index contributed by atoms with van der Waals surface area (Å²) in [6.07, 6.45) is 4.47. The second-order valence-corrected chi connectivity index (χ2v) is 6.81. The number of fused-ring (bicyclic) bond motifs is 2. The summed E-state index contributed by atoms with van der Waals surface area (Å²) in [5.41, 5.74) is 1.14. The smallest absolute Gasteiger partial charge is 0.246 e. The van der Waals surface area contributed by atoms with Crippen molar-refractivity contribution < 1.29 is 9.32 Å². The fourth-order valence-corrected chi connectivity index (χ4v) is 3.85. The van der Waals surface area contributed by atoms with Crippen molar-refractivity contribution in [3.63, 3.8) is 0 Å². The molecule has 2 atom stereocenters. The Bertz CT molecular complexity index is 700. The number of likely N-dealkylation sites (tertiary alicyclic amines) is 1. The lowest BCUT2D eigenvalue weighted by Crippen LogP contribution is -2.41. The molecule has 1 aromatic carbocycles. The van der Waals surface area contributed by atoms with Gasteiger partial charge in [-0.3, -0.25) is 9.69 Å². The monoisotopic (exact) mass is 326 g/mol. The third-order valence-corrected chi connectivity index (χ3v) is 5.02. The minimum absolute atomic E-state index is 0.0327. The van der Waals surface area contributed by atoms with Crippen LogP contribution in [0.2, 0.25) is 0 Å². The minimum Gasteiger partial charge on any atom is -0.346 e. The number of aromatic nitrogens is 2. The SMILES string of the molecule is O=C(CN1C[C@@H]2CC[C@H]1C2)NCc1nc(Cc2ccccc2)no1. The van der Waals surface area contributed by atoms with Gasteiger partial charge in [-0.25, -0.2) is 0 Å². The topological polar surface area (TPSA) is 71.3 Å². The summed E-state index contributed by atoms with van der Waals surface area (Å²) in [5.74, 6) is 1.93. The quantitative estimate of drug-likeness (QED) is 0.876. The van der Waals surface area contributed by atoms with Gasteiger partial charge in [0.1, 0.15) is 0 Å². The van der Waals surface area contributed by atoms with E-state index in [-0.39, 0.29) is 5.91 Å². The molecule has 2 heterocycles. The van der Waals surface area contributed by atoms with E-state index in [1.807, 2.05) is 30.3 Å². The molecule has 1 aliphatic heterocycles. The van der Waals surface area contributed by atoms with Gasteiger partial charge in [0.2, 0.25) is 11.8 Å². The molecule has 2 aliphatic rings. The second-order valence-electron chi connectivity index (χ2n) is 6.81. The Balaban J connectivity index is 1.25. The number of piperidine rings is 1. The lowest BCUT2D eigenvalue weighted by molar-refractivity contribution is -0.122. The van der Waals surface area contributed by atoms with E-state index in [2.05, 4.69) is 20.4 Å². The first-order valence-corrected chi connectivity index (χ1v) is 8.62. The van der Waals surface area contributed by atoms with Crippen LogP contribution in [0.15, 0.2) is 34.9 Å². The number of hydrogen-bond acceptors (Lipinski definition) is 5. The maximum atomic E-state index is 12.1. The summed E-state index contributed by atoms with van der Waals surface area (Å²) in [4.78, 5) is 18.7. The van der Waals surface area contributed by atoms with E-state index in [0.29, 0.717) is 37.3 Å². The molecule has 4 rings (SSSR count). The third kappa shape index (κ3) is 3.48. The van der Waals surface area contributed by atoms with Crippen LogP contribution in [-0.2, 0) is 17.8 Å². The van der Waals surface area contributed by atoms with E-state index in [0.717, 1.165) is 18.0 Å². The Hall–Kier alpha value is -2.21. The van der Waals surface area contributed by atoms with Crippen LogP contribution in [0.4, 0.5) is 0 Å². The predicted molar refractivity (Wildman–Crippen MR) is 88.1 cm³/mol. The molecule has 24 heavy (non-hydrogen) atoms. The van der Waals surface area contributed by atoms with Gasteiger partial charge >= 0.3 is 0 Å². The standard InChI is InChI=1S/C18H22N4O2/c23-17(12-22-11-14-6-7-15(22)8-14)19-10-18-20-16(21-24-18)9-13-4-2-1-3-5-13/h1-5,14-15H,6-12H2,(H,19,23)/t14-,15+/m1/s1. The molecule has 2 bridgehead atoms. The zero-order valence-electron chi connectivity index (χ0n) is 13.6. The number of benzene rings is 1. The van der Waals surface area contributed by atoms with Gasteiger partial charge in [-0.05, 0) is 30.7 Å². The number of rotatable bonds is 6. The Morgan fingerprint density at radius 3 is 2.92 bits per heavy atom. The summed E-state index contributed by atoms with van der Waals surface area (Å²) >= 11 is 0. The van der Waals surface area contributed by atoms with Crippen LogP contribution in [0.25, 0.3) is 0 Å². The van der Waals surface area contributed by atoms with Crippen molar-refractivity contribution in [2.45, 2.75) is 38.3 Å². The molecule has 1 saturated heterocycles. The molecule has 1 N–H and O–H groups in total. The van der Waals surface area contributed by atoms with Gasteiger partial charge < -0.3 is 9.84 Å². The number of nitrogens with one attached hydrogen (secondary N) is 1. The van der Waals surface area contributed by atoms with Crippen molar-refractivity contribution in [1.82, 2.24) is 20.4 Å². The lowest BCUT2D eigenvalue weighted by Gasteiger charge is -2.25. The van der Waals surface area contributed by atoms with Crippen LogP contribution in [0.3, 0.4) is 0 Å². The fraction of sp³-hybridized carbons (Fsp3) is 0.500. The number of nitrogens with zero attached hydrogens (tertiary/aromatic N) is 3. The van der Waals surface area contributed by atoms with Gasteiger partial charge in [0.25, 0.3) is 0 Å². The minimum atomic E-state index is 0.0327. The normalized spacial score (nSPS) is 22.8. The summed E-state index contributed by atoms with van der Waals surface area (Å²) in [6.45, 7) is 1.84. The number of amides is 1. The highest BCUT2D eigenvalue weighted by molar-refractivity contribution is 5.78. The Kier molecular flexibility index (Phi) is 4.30. The number of hydrogen-bond donors (Lipinski definition) is 1. The van der Waals surface area contributed by atoms with Crippen molar-refractivity contribution in [2.75, 3.05) is 13.1 Å². The van der Waals surface area contributed by atoms with Crippen molar-refractivity contribution in [3.8, 4) is 0 Å². The molecule has 126 valence electrons. The molecule has 6 nitrogen and oxygen atoms in total. The zero-order valence-corrected chi connectivity index (χ0v) is 13.6. The molecular formula is C18H22N4O2. The summed E-state index contributed by atoms with van der Waals surface area (Å²) in [5, 5.41) is 6.86. The van der Waals surface area contributed by atoms with E-state index < -0.39 is 0 Å². The van der Waals surface area contributed by atoms with Crippen LogP contribution in [0.5, 0.6) is 0 Å². The fourth-order valence-electron chi connectivity index (χ4n) is 3.85. The average molecular weight is 326 g/mol. The molecule has 0 spiro atoms. The number of carbonyl (C=O) groups is 1. The van der Waals surface area contributed by atoms with E-state index >= 15 is 0 Å². The molecular weight excluding hydrogens is 304 g/mol. The zero-order chi connectivity index (χ0) is 16.4. The van der Waals surface area contributed by atoms with Crippen molar-refractivity contribution in [3.05, 3.63) is 47.6 Å². The molecule has 0 unspecified atom stereocenters. The first-order chi connectivity index (χ1) is 11.8. The largest absolute Gasteiger partial charge is 0.346 e. The van der Waals surface area contributed by atoms with E-state index in [9.17, 15) is 4.79 Å². The Labute approximate surface area is 141 Å². The van der Waals surface area contributed by atoms with Gasteiger partial charge in [0.05, 0.1) is 13.1 Å². The highest BCUT2D eigenvalue weighted by atomic mass is 16.5. The van der Waals surface area contributed by atoms with E-state index in [1.54, 1.807) is 0 Å². The third-order valence-electron chi connectivity index (χ3n) is 5.02. The van der Waals surface area contributed by atoms with Gasteiger partial charge in [-0.2, -0.15) is 4.98 Å². The second kappa shape index (κ2) is 6.73. The molecule has 1 aliphatic carbocycles. The van der Waals surface area contributed by atoms with Crippen LogP contribution >= 0.6 is 0 Å². The molecule has 2 aromatic rings. The Morgan fingerprint density at radius 1 is 1.29 bits per heavy atom. The summed E-state index contributed by atoms with van der Waals surface area (Å²) in [7, 11) is 0. The van der Waals surface area contributed by atoms with Crippen molar-refractivity contribution in [1.29, 1.82) is 0 Å². The van der Waals surface area contributed by atoms with Crippen LogP contribution < -0.4 is 5.32 Å². The average Bonchev–Trinajstić information content (AvgIpc) is 3.31. The molecule has 1 aromatic heterocycles. The molecule has 0 radical (unpaired) electrons. The summed E-state index contributed by atoms with van der Waals surface area (Å²) < 4.78 is 5.22. The highest BCUT2D eigenvalue weighted by Crippen LogP contribution is 2.36. The van der Waals surface area contributed by atoms with Gasteiger partial charge in [0, 0.05) is 19.0 Å². The highest BCUT2D eigenvalue weighted by Gasteiger charge is 2.38. The van der Waals surface area contributed by atoms with Crippen molar-refractivity contribution in [2.24, 2.45) is 5.92 Å². The molecule has 1 saturated carbocycles. The number of carbonyl (C=O) groups excluding carboxylic acids is 1. The maximum absolute atomic E-state index is 12.1. The first-order valence-electron chi connectivity index (χ1n) is 8.62. The van der Waals surface area contributed by atoms with Crippen LogP contribution in [0.1, 0.15) is 36.5 Å². The first kappa shape index (κ1) is 15.3. The Morgan fingerprint density at radius 2 is 2.17 bits per heavy atom. The van der Waals surface area contributed by atoms with Crippen molar-refractivity contribution >= 4 is 5.91 Å². The molecule has 2 fully saturated rings. The predicted octanol–water partition coefficient (Wildman–Crippen LogP) is 1.76. The van der Waals surface area contributed by atoms with Gasteiger partial charge in [-0.15, -0.1) is 0 Å². The van der Waals surface area contributed by atoms with Crippen LogP contribution in [0, 0.1) is 5.92 Å². The molecule has 6 heteroatoms. The van der Waals surface area contributed by atoms with E-state index in [4.69, 9.17) is 4.52 Å². The summed E-state index contributed by atoms with van der Waals surface area (Å²) in [6, 6.07) is 10.6. The lowest BCUT2D eigenvalue weighted by atomic mass is 10.1. The maximum Gasteiger partial charge on any atom is 0.246 e.